The standard InChI is InChI=1S/C30H45N3O2.H2/c1-29(2,3)14-18-32-19-15-30(16-20-32)13-12-26(24-8-4-5-9-25(24)30)31-27(34)23-7-6-17-33(21-23)28(35)22-10-11-22;/h4-5,8-9,22-23,26H,6-7,10-21H2,1-3H3,(H,31,34);1H/t23?,26-;/m1./s1. The van der Waals surface area contributed by atoms with E-state index < -0.39 is 0 Å². The van der Waals surface area contributed by atoms with E-state index in [0.717, 1.165) is 45.1 Å². The van der Waals surface area contributed by atoms with E-state index in [9.17, 15) is 9.59 Å². The first-order valence-electron chi connectivity index (χ1n) is 14.2. The van der Waals surface area contributed by atoms with Gasteiger partial charge in [-0.2, -0.15) is 0 Å². The van der Waals surface area contributed by atoms with Crippen LogP contribution in [-0.2, 0) is 15.0 Å². The lowest BCUT2D eigenvalue weighted by Gasteiger charge is -2.47. The van der Waals surface area contributed by atoms with Crippen molar-refractivity contribution >= 4 is 11.8 Å². The minimum atomic E-state index is -0.0689. The summed E-state index contributed by atoms with van der Waals surface area (Å²) in [5.74, 6) is 0.589. The van der Waals surface area contributed by atoms with E-state index >= 15 is 0 Å². The van der Waals surface area contributed by atoms with Gasteiger partial charge in [-0.1, -0.05) is 45.0 Å². The van der Waals surface area contributed by atoms with Crippen LogP contribution < -0.4 is 5.32 Å². The fraction of sp³-hybridized carbons (Fsp3) is 0.733. The molecule has 5 nitrogen and oxygen atoms in total. The largest absolute Gasteiger partial charge is 0.349 e. The minimum Gasteiger partial charge on any atom is -0.349 e. The molecule has 1 aromatic carbocycles. The first-order chi connectivity index (χ1) is 16.7. The van der Waals surface area contributed by atoms with E-state index in [1.165, 1.54) is 50.0 Å². The summed E-state index contributed by atoms with van der Waals surface area (Å²) >= 11 is 0. The molecule has 3 fully saturated rings. The molecule has 2 amide bonds. The van der Waals surface area contributed by atoms with E-state index in [1.54, 1.807) is 0 Å². The number of hydrogen-bond donors (Lipinski definition) is 1. The Morgan fingerprint density at radius 3 is 2.46 bits per heavy atom. The number of amides is 2. The average Bonchev–Trinajstić information content (AvgIpc) is 3.70. The molecule has 194 valence electrons. The Bertz CT molecular complexity index is 930. The molecule has 2 saturated heterocycles. The summed E-state index contributed by atoms with van der Waals surface area (Å²) in [7, 11) is 0. The summed E-state index contributed by atoms with van der Waals surface area (Å²) in [4.78, 5) is 30.5. The van der Waals surface area contributed by atoms with Gasteiger partial charge in [-0.3, -0.25) is 9.59 Å². The Labute approximate surface area is 213 Å². The number of carbonyl (C=O) groups excluding carboxylic acids is 2. The number of likely N-dealkylation sites (tertiary alicyclic amines) is 2. The highest BCUT2D eigenvalue weighted by Gasteiger charge is 2.43. The molecule has 0 aromatic heterocycles. The molecular weight excluding hydrogens is 434 g/mol. The fourth-order valence-electron chi connectivity index (χ4n) is 6.63. The van der Waals surface area contributed by atoms with Gasteiger partial charge in [0.2, 0.25) is 11.8 Å². The van der Waals surface area contributed by atoms with Crippen LogP contribution >= 0.6 is 0 Å². The van der Waals surface area contributed by atoms with E-state index in [1.807, 2.05) is 4.90 Å². The first-order valence-corrected chi connectivity index (χ1v) is 14.2. The number of benzene rings is 1. The SMILES string of the molecule is CC(C)(C)CCN1CCC2(CC[C@@H](NC(=O)C3CCCN(C(=O)C4CC4)C3)c3ccccc32)CC1.[HH]. The van der Waals surface area contributed by atoms with Crippen molar-refractivity contribution in [3.63, 3.8) is 0 Å². The highest BCUT2D eigenvalue weighted by atomic mass is 16.2. The van der Waals surface area contributed by atoms with Gasteiger partial charge in [-0.25, -0.2) is 0 Å². The van der Waals surface area contributed by atoms with Gasteiger partial charge in [-0.15, -0.1) is 0 Å². The number of nitrogens with zero attached hydrogens (tertiary/aromatic N) is 2. The third-order valence-corrected chi connectivity index (χ3v) is 9.16. The van der Waals surface area contributed by atoms with Gasteiger partial charge in [0.15, 0.2) is 0 Å². The second-order valence-electron chi connectivity index (χ2n) is 13.0. The summed E-state index contributed by atoms with van der Waals surface area (Å²) < 4.78 is 0. The van der Waals surface area contributed by atoms with Crippen LogP contribution in [0.5, 0.6) is 0 Å². The normalized spacial score (nSPS) is 26.9. The Hall–Kier alpha value is -1.88. The van der Waals surface area contributed by atoms with Crippen molar-refractivity contribution in [1.29, 1.82) is 0 Å². The van der Waals surface area contributed by atoms with Crippen LogP contribution in [0.4, 0.5) is 0 Å². The molecule has 1 spiro atoms. The van der Waals surface area contributed by atoms with Gasteiger partial charge in [0, 0.05) is 20.4 Å². The lowest BCUT2D eigenvalue weighted by atomic mass is 9.63. The maximum absolute atomic E-state index is 13.3. The average molecular weight is 482 g/mol. The fourth-order valence-corrected chi connectivity index (χ4v) is 6.63. The van der Waals surface area contributed by atoms with Gasteiger partial charge in [0.25, 0.3) is 0 Å². The summed E-state index contributed by atoms with van der Waals surface area (Å²) in [6.07, 6.45) is 9.74. The van der Waals surface area contributed by atoms with Crippen LogP contribution in [0, 0.1) is 17.3 Å². The Morgan fingerprint density at radius 2 is 1.74 bits per heavy atom. The van der Waals surface area contributed by atoms with Crippen molar-refractivity contribution in [2.75, 3.05) is 32.7 Å². The molecule has 4 aliphatic rings. The minimum absolute atomic E-state index is 0. The highest BCUT2D eigenvalue weighted by Crippen LogP contribution is 2.48. The zero-order chi connectivity index (χ0) is 24.6. The number of carbonyl (C=O) groups is 2. The highest BCUT2D eigenvalue weighted by molar-refractivity contribution is 5.83. The zero-order valence-corrected chi connectivity index (χ0v) is 22.2. The van der Waals surface area contributed by atoms with Crippen molar-refractivity contribution in [1.82, 2.24) is 15.1 Å². The van der Waals surface area contributed by atoms with Gasteiger partial charge in [0.05, 0.1) is 12.0 Å². The predicted molar refractivity (Wildman–Crippen MR) is 142 cm³/mol. The van der Waals surface area contributed by atoms with Crippen molar-refractivity contribution in [3.8, 4) is 0 Å². The zero-order valence-electron chi connectivity index (χ0n) is 22.2. The molecule has 1 N–H and O–H groups in total. The number of hydrogen-bond acceptors (Lipinski definition) is 3. The van der Waals surface area contributed by atoms with Crippen molar-refractivity contribution in [2.24, 2.45) is 17.3 Å². The molecule has 1 unspecified atom stereocenters. The summed E-state index contributed by atoms with van der Waals surface area (Å²) in [5.41, 5.74) is 3.45. The Kier molecular flexibility index (Phi) is 7.00. The Balaban J connectivity index is 0.00000304. The molecule has 35 heavy (non-hydrogen) atoms. The summed E-state index contributed by atoms with van der Waals surface area (Å²) in [6, 6.07) is 8.98. The van der Waals surface area contributed by atoms with Gasteiger partial charge in [0.1, 0.15) is 0 Å². The van der Waals surface area contributed by atoms with E-state index in [0.29, 0.717) is 12.0 Å². The molecule has 2 heterocycles. The van der Waals surface area contributed by atoms with Gasteiger partial charge in [-0.05, 0) is 99.4 Å². The van der Waals surface area contributed by atoms with E-state index in [-0.39, 0.29) is 36.5 Å². The van der Waals surface area contributed by atoms with E-state index in [2.05, 4.69) is 55.3 Å². The molecule has 2 aliphatic carbocycles. The van der Waals surface area contributed by atoms with Crippen molar-refractivity contribution in [3.05, 3.63) is 35.4 Å². The van der Waals surface area contributed by atoms with Crippen molar-refractivity contribution < 1.29 is 11.0 Å². The Morgan fingerprint density at radius 1 is 1.00 bits per heavy atom. The predicted octanol–water partition coefficient (Wildman–Crippen LogP) is 5.30. The van der Waals surface area contributed by atoms with Crippen LogP contribution in [0.15, 0.2) is 24.3 Å². The number of piperidine rings is 2. The first kappa shape index (κ1) is 24.8. The van der Waals surface area contributed by atoms with E-state index in [4.69, 9.17) is 0 Å². The van der Waals surface area contributed by atoms with Crippen LogP contribution in [0.25, 0.3) is 0 Å². The molecule has 5 heteroatoms. The molecule has 5 rings (SSSR count). The molecule has 2 aliphatic heterocycles. The number of rotatable bonds is 5. The third kappa shape index (κ3) is 5.60. The lowest BCUT2D eigenvalue weighted by Crippen LogP contribution is -2.49. The van der Waals surface area contributed by atoms with Gasteiger partial charge >= 0.3 is 0 Å². The molecular formula is C30H47N3O2. The maximum Gasteiger partial charge on any atom is 0.225 e. The third-order valence-electron chi connectivity index (χ3n) is 9.16. The number of nitrogens with one attached hydrogen (secondary N) is 1. The quantitative estimate of drug-likeness (QED) is 0.621. The lowest BCUT2D eigenvalue weighted by molar-refractivity contribution is -0.137. The molecule has 1 saturated carbocycles. The van der Waals surface area contributed by atoms with Crippen LogP contribution in [0.1, 0.15) is 97.2 Å². The second kappa shape index (κ2) is 9.88. The van der Waals surface area contributed by atoms with Crippen LogP contribution in [0.2, 0.25) is 0 Å². The smallest absolute Gasteiger partial charge is 0.225 e. The van der Waals surface area contributed by atoms with Gasteiger partial charge < -0.3 is 15.1 Å². The molecule has 2 atom stereocenters. The summed E-state index contributed by atoms with van der Waals surface area (Å²) in [6.45, 7) is 12.0. The van der Waals surface area contributed by atoms with Crippen LogP contribution in [-0.4, -0.2) is 54.3 Å². The maximum atomic E-state index is 13.3. The molecule has 1 aromatic rings. The van der Waals surface area contributed by atoms with Crippen molar-refractivity contribution in [2.45, 2.75) is 90.0 Å². The topological polar surface area (TPSA) is 52.7 Å². The monoisotopic (exact) mass is 481 g/mol. The molecule has 0 radical (unpaired) electrons. The van der Waals surface area contributed by atoms with Crippen LogP contribution in [0.3, 0.4) is 0 Å². The summed E-state index contributed by atoms with van der Waals surface area (Å²) in [5, 5.41) is 3.43. The number of fused-ring (bicyclic) bond motifs is 2. The molecule has 0 bridgehead atoms. The second-order valence-corrected chi connectivity index (χ2v) is 13.0.